The van der Waals surface area contributed by atoms with Crippen molar-refractivity contribution in [2.24, 2.45) is 5.92 Å². The van der Waals surface area contributed by atoms with Gasteiger partial charge in [0.2, 0.25) is 17.6 Å². The molecule has 0 spiro atoms. The second-order valence-corrected chi connectivity index (χ2v) is 9.18. The summed E-state index contributed by atoms with van der Waals surface area (Å²) in [5, 5.41) is 4.74. The summed E-state index contributed by atoms with van der Waals surface area (Å²) in [7, 11) is 0. The molecule has 172 valence electrons. The van der Waals surface area contributed by atoms with Gasteiger partial charge in [0.15, 0.2) is 0 Å². The summed E-state index contributed by atoms with van der Waals surface area (Å²) in [6.45, 7) is 5.51. The Morgan fingerprint density at radius 2 is 1.85 bits per heavy atom. The number of nitrogens with zero attached hydrogens (tertiary/aromatic N) is 5. The summed E-state index contributed by atoms with van der Waals surface area (Å²) in [5.74, 6) is 1.40. The van der Waals surface area contributed by atoms with Crippen molar-refractivity contribution in [2.75, 3.05) is 44.2 Å². The first-order chi connectivity index (χ1) is 16.2. The number of aromatic nitrogens is 2. The number of para-hydroxylation sites is 1. The van der Waals surface area contributed by atoms with E-state index in [1.165, 1.54) is 5.69 Å². The summed E-state index contributed by atoms with van der Waals surface area (Å²) in [5.41, 5.74) is 2.06. The van der Waals surface area contributed by atoms with Gasteiger partial charge in [0, 0.05) is 49.0 Å². The number of amides is 1. The minimum absolute atomic E-state index is 0.0253. The number of carbonyl (C=O) groups excluding carboxylic acids is 1. The Balaban J connectivity index is 1.15. The van der Waals surface area contributed by atoms with Crippen LogP contribution >= 0.6 is 11.6 Å². The van der Waals surface area contributed by atoms with Gasteiger partial charge in [-0.3, -0.25) is 9.69 Å². The molecule has 0 aliphatic carbocycles. The van der Waals surface area contributed by atoms with Gasteiger partial charge in [-0.1, -0.05) is 47.1 Å². The van der Waals surface area contributed by atoms with Gasteiger partial charge in [-0.25, -0.2) is 0 Å². The molecule has 5 rings (SSSR count). The molecular weight excluding hydrogens is 438 g/mol. The van der Waals surface area contributed by atoms with Gasteiger partial charge in [0.25, 0.3) is 0 Å². The maximum atomic E-state index is 13.2. The van der Waals surface area contributed by atoms with Gasteiger partial charge in [0.05, 0.1) is 12.5 Å². The first-order valence-electron chi connectivity index (χ1n) is 11.6. The Kier molecular flexibility index (Phi) is 6.60. The first-order valence-corrected chi connectivity index (χ1v) is 11.9. The molecule has 2 aliphatic rings. The SMILES string of the molecule is O=C(C1CCCN(Cc2nc(-c3cccc(Cl)c3)no2)C1)N1CCN(c2ccccc2)CC1. The molecule has 1 unspecified atom stereocenters. The highest BCUT2D eigenvalue weighted by Gasteiger charge is 2.31. The molecule has 2 saturated heterocycles. The average Bonchev–Trinajstić information content (AvgIpc) is 3.33. The highest BCUT2D eigenvalue weighted by molar-refractivity contribution is 6.30. The van der Waals surface area contributed by atoms with Gasteiger partial charge >= 0.3 is 0 Å². The zero-order valence-corrected chi connectivity index (χ0v) is 19.3. The molecule has 3 heterocycles. The summed E-state index contributed by atoms with van der Waals surface area (Å²) < 4.78 is 5.48. The van der Waals surface area contributed by atoms with Crippen LogP contribution in [-0.4, -0.2) is 65.1 Å². The molecule has 8 heteroatoms. The molecule has 2 aliphatic heterocycles. The van der Waals surface area contributed by atoms with E-state index in [1.807, 2.05) is 35.2 Å². The van der Waals surface area contributed by atoms with E-state index >= 15 is 0 Å². The Bertz CT molecular complexity index is 1080. The van der Waals surface area contributed by atoms with Gasteiger partial charge in [0.1, 0.15) is 0 Å². The first kappa shape index (κ1) is 21.9. The molecular formula is C25H28ClN5O2. The van der Waals surface area contributed by atoms with Crippen molar-refractivity contribution >= 4 is 23.2 Å². The fourth-order valence-corrected chi connectivity index (χ4v) is 4.93. The largest absolute Gasteiger partial charge is 0.368 e. The van der Waals surface area contributed by atoms with Crippen LogP contribution in [0.2, 0.25) is 5.02 Å². The van der Waals surface area contributed by atoms with Crippen molar-refractivity contribution in [3.8, 4) is 11.4 Å². The highest BCUT2D eigenvalue weighted by atomic mass is 35.5. The maximum Gasteiger partial charge on any atom is 0.241 e. The zero-order chi connectivity index (χ0) is 22.6. The highest BCUT2D eigenvalue weighted by Crippen LogP contribution is 2.24. The van der Waals surface area contributed by atoms with Crippen molar-refractivity contribution in [1.29, 1.82) is 0 Å². The van der Waals surface area contributed by atoms with Crippen LogP contribution in [0.15, 0.2) is 59.1 Å². The van der Waals surface area contributed by atoms with Crippen LogP contribution < -0.4 is 4.90 Å². The monoisotopic (exact) mass is 465 g/mol. The van der Waals surface area contributed by atoms with Crippen molar-refractivity contribution < 1.29 is 9.32 Å². The number of hydrogen-bond acceptors (Lipinski definition) is 6. The van der Waals surface area contributed by atoms with E-state index < -0.39 is 0 Å². The summed E-state index contributed by atoms with van der Waals surface area (Å²) in [6, 6.07) is 17.8. The van der Waals surface area contributed by atoms with E-state index in [0.717, 1.165) is 57.7 Å². The minimum Gasteiger partial charge on any atom is -0.368 e. The van der Waals surface area contributed by atoms with Crippen LogP contribution in [0.5, 0.6) is 0 Å². The van der Waals surface area contributed by atoms with Crippen LogP contribution in [-0.2, 0) is 11.3 Å². The van der Waals surface area contributed by atoms with E-state index in [2.05, 4.69) is 44.2 Å². The van der Waals surface area contributed by atoms with Crippen molar-refractivity contribution in [3.05, 3.63) is 65.5 Å². The second-order valence-electron chi connectivity index (χ2n) is 8.74. The molecule has 2 fully saturated rings. The zero-order valence-electron chi connectivity index (χ0n) is 18.6. The molecule has 1 aromatic heterocycles. The number of hydrogen-bond donors (Lipinski definition) is 0. The standard InChI is InChI=1S/C25H28ClN5O2/c26-21-8-4-6-19(16-21)24-27-23(33-28-24)18-29-11-5-7-20(17-29)25(32)31-14-12-30(13-15-31)22-9-2-1-3-10-22/h1-4,6,8-10,16,20H,5,7,11-15,17-18H2. The number of anilines is 1. The van der Waals surface area contributed by atoms with E-state index in [-0.39, 0.29) is 11.8 Å². The van der Waals surface area contributed by atoms with Crippen LogP contribution in [0.4, 0.5) is 5.69 Å². The molecule has 2 aromatic carbocycles. The van der Waals surface area contributed by atoms with Gasteiger partial charge < -0.3 is 14.3 Å². The Labute approximate surface area is 198 Å². The van der Waals surface area contributed by atoms with Gasteiger partial charge in [-0.05, 0) is 43.7 Å². The number of piperazine rings is 1. The molecule has 0 N–H and O–H groups in total. The molecule has 0 radical (unpaired) electrons. The average molecular weight is 466 g/mol. The van der Waals surface area contributed by atoms with E-state index in [1.54, 1.807) is 0 Å². The number of halogens is 1. The molecule has 1 atom stereocenters. The van der Waals surface area contributed by atoms with Crippen molar-refractivity contribution in [1.82, 2.24) is 19.9 Å². The number of carbonyl (C=O) groups is 1. The number of likely N-dealkylation sites (tertiary alicyclic amines) is 1. The third-order valence-electron chi connectivity index (χ3n) is 6.48. The van der Waals surface area contributed by atoms with Crippen LogP contribution in [0, 0.1) is 5.92 Å². The third kappa shape index (κ3) is 5.20. The lowest BCUT2D eigenvalue weighted by atomic mass is 9.96. The predicted molar refractivity (Wildman–Crippen MR) is 128 cm³/mol. The number of piperidine rings is 1. The lowest BCUT2D eigenvalue weighted by Crippen LogP contribution is -2.52. The fraction of sp³-hybridized carbons (Fsp3) is 0.400. The molecule has 1 amide bonds. The molecule has 0 saturated carbocycles. The smallest absolute Gasteiger partial charge is 0.241 e. The van der Waals surface area contributed by atoms with Gasteiger partial charge in [-0.2, -0.15) is 4.98 Å². The van der Waals surface area contributed by atoms with Crippen LogP contribution in [0.1, 0.15) is 18.7 Å². The lowest BCUT2D eigenvalue weighted by Gasteiger charge is -2.39. The quantitative estimate of drug-likeness (QED) is 0.568. The fourth-order valence-electron chi connectivity index (χ4n) is 4.74. The summed E-state index contributed by atoms with van der Waals surface area (Å²) in [6.07, 6.45) is 1.93. The summed E-state index contributed by atoms with van der Waals surface area (Å²) in [4.78, 5) is 24.4. The summed E-state index contributed by atoms with van der Waals surface area (Å²) >= 11 is 6.07. The second kappa shape index (κ2) is 9.93. The Morgan fingerprint density at radius 3 is 2.64 bits per heavy atom. The number of benzene rings is 2. The molecule has 33 heavy (non-hydrogen) atoms. The Morgan fingerprint density at radius 1 is 1.03 bits per heavy atom. The molecule has 3 aromatic rings. The van der Waals surface area contributed by atoms with Crippen molar-refractivity contribution in [2.45, 2.75) is 19.4 Å². The normalized spacial score (nSPS) is 19.6. The Hall–Kier alpha value is -2.90. The molecule has 7 nitrogen and oxygen atoms in total. The number of rotatable bonds is 5. The minimum atomic E-state index is 0.0253. The lowest BCUT2D eigenvalue weighted by molar-refractivity contribution is -0.137. The van der Waals surface area contributed by atoms with Crippen molar-refractivity contribution in [3.63, 3.8) is 0 Å². The topological polar surface area (TPSA) is 65.7 Å². The van der Waals surface area contributed by atoms with E-state index in [9.17, 15) is 4.79 Å². The third-order valence-corrected chi connectivity index (χ3v) is 6.71. The van der Waals surface area contributed by atoms with E-state index in [0.29, 0.717) is 23.3 Å². The van der Waals surface area contributed by atoms with Gasteiger partial charge in [-0.15, -0.1) is 0 Å². The van der Waals surface area contributed by atoms with Crippen LogP contribution in [0.25, 0.3) is 11.4 Å². The maximum absolute atomic E-state index is 13.2. The molecule has 0 bridgehead atoms. The van der Waals surface area contributed by atoms with Crippen LogP contribution in [0.3, 0.4) is 0 Å². The predicted octanol–water partition coefficient (Wildman–Crippen LogP) is 3.95. The van der Waals surface area contributed by atoms with E-state index in [4.69, 9.17) is 16.1 Å².